The predicted octanol–water partition coefficient (Wildman–Crippen LogP) is 5.60. The van der Waals surface area contributed by atoms with E-state index in [-0.39, 0.29) is 5.97 Å². The van der Waals surface area contributed by atoms with Crippen LogP contribution >= 0.6 is 31.9 Å². The summed E-state index contributed by atoms with van der Waals surface area (Å²) >= 11 is 7.00. The summed E-state index contributed by atoms with van der Waals surface area (Å²) in [5.74, 6) is -0.364. The molecule has 0 saturated carbocycles. The highest BCUT2D eigenvalue weighted by Gasteiger charge is 2.18. The van der Waals surface area contributed by atoms with Crippen molar-refractivity contribution in [1.29, 1.82) is 0 Å². The summed E-state index contributed by atoms with van der Waals surface area (Å²) < 4.78 is 6.98. The van der Waals surface area contributed by atoms with Gasteiger partial charge in [0, 0.05) is 19.9 Å². The van der Waals surface area contributed by atoms with Gasteiger partial charge in [0.2, 0.25) is 0 Å². The van der Waals surface area contributed by atoms with Gasteiger partial charge in [-0.15, -0.1) is 0 Å². The monoisotopic (exact) mass is 433 g/mol. The molecule has 0 radical (unpaired) electrons. The van der Waals surface area contributed by atoms with Crippen molar-refractivity contribution in [3.8, 4) is 11.3 Å². The number of carbonyl (C=O) groups is 1. The number of pyridine rings is 1. The topological polar surface area (TPSA) is 39.2 Å². The number of hydrogen-bond donors (Lipinski definition) is 0. The van der Waals surface area contributed by atoms with E-state index in [9.17, 15) is 4.79 Å². The van der Waals surface area contributed by atoms with Gasteiger partial charge in [0.25, 0.3) is 0 Å². The SMILES string of the molecule is CCOC(=O)c1cc2cc(Br)cc(Br)c2nc1-c1ccccc1. The van der Waals surface area contributed by atoms with Crippen molar-refractivity contribution in [3.63, 3.8) is 0 Å². The summed E-state index contributed by atoms with van der Waals surface area (Å²) in [6.45, 7) is 2.12. The second kappa shape index (κ2) is 6.81. The van der Waals surface area contributed by atoms with Gasteiger partial charge in [-0.05, 0) is 41.1 Å². The molecule has 3 aromatic rings. The lowest BCUT2D eigenvalue weighted by Gasteiger charge is -2.11. The molecule has 5 heteroatoms. The molecule has 0 unspecified atom stereocenters. The van der Waals surface area contributed by atoms with Gasteiger partial charge >= 0.3 is 5.97 Å². The number of nitrogens with zero attached hydrogens (tertiary/aromatic N) is 1. The van der Waals surface area contributed by atoms with Gasteiger partial charge in [0.1, 0.15) is 0 Å². The molecule has 3 nitrogen and oxygen atoms in total. The Morgan fingerprint density at radius 3 is 2.57 bits per heavy atom. The average Bonchev–Trinajstić information content (AvgIpc) is 2.54. The largest absolute Gasteiger partial charge is 0.462 e. The van der Waals surface area contributed by atoms with Crippen molar-refractivity contribution in [2.24, 2.45) is 0 Å². The van der Waals surface area contributed by atoms with Crippen molar-refractivity contribution < 1.29 is 9.53 Å². The molecule has 0 N–H and O–H groups in total. The highest BCUT2D eigenvalue weighted by atomic mass is 79.9. The van der Waals surface area contributed by atoms with Crippen LogP contribution in [-0.4, -0.2) is 17.6 Å². The normalized spacial score (nSPS) is 10.7. The third-order valence-electron chi connectivity index (χ3n) is 3.38. The fourth-order valence-electron chi connectivity index (χ4n) is 2.39. The number of hydrogen-bond acceptors (Lipinski definition) is 3. The minimum atomic E-state index is -0.364. The molecule has 2 aromatic carbocycles. The molecule has 3 rings (SSSR count). The number of ether oxygens (including phenoxy) is 1. The molecular formula is C18H13Br2NO2. The first-order chi connectivity index (χ1) is 11.1. The van der Waals surface area contributed by atoms with Crippen LogP contribution in [0.15, 0.2) is 57.5 Å². The fourth-order valence-corrected chi connectivity index (χ4v) is 3.74. The van der Waals surface area contributed by atoms with Crippen molar-refractivity contribution in [3.05, 3.63) is 63.0 Å². The number of benzene rings is 2. The first-order valence-corrected chi connectivity index (χ1v) is 8.71. The maximum absolute atomic E-state index is 12.4. The summed E-state index contributed by atoms with van der Waals surface area (Å²) in [6.07, 6.45) is 0. The predicted molar refractivity (Wildman–Crippen MR) is 98.5 cm³/mol. The van der Waals surface area contributed by atoms with Crippen molar-refractivity contribution in [2.45, 2.75) is 6.92 Å². The zero-order valence-corrected chi connectivity index (χ0v) is 15.5. The fraction of sp³-hybridized carbons (Fsp3) is 0.111. The lowest BCUT2D eigenvalue weighted by Crippen LogP contribution is -2.08. The van der Waals surface area contributed by atoms with Crippen LogP contribution < -0.4 is 0 Å². The molecule has 0 aliphatic rings. The van der Waals surface area contributed by atoms with E-state index in [1.54, 1.807) is 6.92 Å². The Labute approximate surface area is 150 Å². The molecule has 0 bridgehead atoms. The molecule has 0 atom stereocenters. The van der Waals surface area contributed by atoms with Gasteiger partial charge in [-0.25, -0.2) is 9.78 Å². The Hall–Kier alpha value is -1.72. The van der Waals surface area contributed by atoms with Crippen molar-refractivity contribution in [2.75, 3.05) is 6.61 Å². The van der Waals surface area contributed by atoms with E-state index in [1.807, 2.05) is 48.5 Å². The maximum atomic E-state index is 12.4. The van der Waals surface area contributed by atoms with E-state index in [0.717, 1.165) is 25.4 Å². The summed E-state index contributed by atoms with van der Waals surface area (Å²) in [7, 11) is 0. The summed E-state index contributed by atoms with van der Waals surface area (Å²) in [5.41, 5.74) is 2.78. The molecule has 1 heterocycles. The lowest BCUT2D eigenvalue weighted by molar-refractivity contribution is 0.0527. The van der Waals surface area contributed by atoms with E-state index < -0.39 is 0 Å². The van der Waals surface area contributed by atoms with Crippen LogP contribution in [0.1, 0.15) is 17.3 Å². The van der Waals surface area contributed by atoms with Crippen LogP contribution in [0.25, 0.3) is 22.2 Å². The lowest BCUT2D eigenvalue weighted by atomic mass is 10.0. The summed E-state index contributed by atoms with van der Waals surface area (Å²) in [6, 6.07) is 15.4. The van der Waals surface area contributed by atoms with E-state index in [4.69, 9.17) is 9.72 Å². The van der Waals surface area contributed by atoms with Gasteiger partial charge in [0.15, 0.2) is 0 Å². The van der Waals surface area contributed by atoms with Crippen LogP contribution in [0.4, 0.5) is 0 Å². The molecule has 116 valence electrons. The maximum Gasteiger partial charge on any atom is 0.340 e. The molecule has 0 saturated heterocycles. The molecule has 0 spiro atoms. The van der Waals surface area contributed by atoms with Crippen molar-refractivity contribution >= 4 is 48.7 Å². The molecule has 0 aliphatic heterocycles. The van der Waals surface area contributed by atoms with Crippen LogP contribution in [0.2, 0.25) is 0 Å². The Kier molecular flexibility index (Phi) is 4.78. The first-order valence-electron chi connectivity index (χ1n) is 7.12. The Balaban J connectivity index is 2.31. The third-order valence-corrected chi connectivity index (χ3v) is 4.44. The van der Waals surface area contributed by atoms with Gasteiger partial charge in [-0.3, -0.25) is 0 Å². The highest BCUT2D eigenvalue weighted by Crippen LogP contribution is 2.32. The number of esters is 1. The van der Waals surface area contributed by atoms with E-state index in [0.29, 0.717) is 17.9 Å². The van der Waals surface area contributed by atoms with E-state index >= 15 is 0 Å². The Morgan fingerprint density at radius 1 is 1.13 bits per heavy atom. The van der Waals surface area contributed by atoms with Crippen LogP contribution in [0.5, 0.6) is 0 Å². The molecule has 0 fully saturated rings. The van der Waals surface area contributed by atoms with Crippen LogP contribution in [0.3, 0.4) is 0 Å². The second-order valence-corrected chi connectivity index (χ2v) is 6.70. The quantitative estimate of drug-likeness (QED) is 0.503. The van der Waals surface area contributed by atoms with Gasteiger partial charge in [-0.2, -0.15) is 0 Å². The van der Waals surface area contributed by atoms with Gasteiger partial charge in [-0.1, -0.05) is 46.3 Å². The summed E-state index contributed by atoms with van der Waals surface area (Å²) in [4.78, 5) is 17.1. The summed E-state index contributed by atoms with van der Waals surface area (Å²) in [5, 5.41) is 0.869. The standard InChI is InChI=1S/C18H13Br2NO2/c1-2-23-18(22)14-9-12-8-13(19)10-15(20)17(12)21-16(14)11-6-4-3-5-7-11/h3-10H,2H2,1H3. The molecule has 23 heavy (non-hydrogen) atoms. The van der Waals surface area contributed by atoms with Gasteiger partial charge < -0.3 is 4.74 Å². The number of fused-ring (bicyclic) bond motifs is 1. The molecule has 1 aromatic heterocycles. The van der Waals surface area contributed by atoms with Crippen molar-refractivity contribution in [1.82, 2.24) is 4.98 Å². The highest BCUT2D eigenvalue weighted by molar-refractivity contribution is 9.11. The Bertz CT molecular complexity index is 879. The van der Waals surface area contributed by atoms with Crippen LogP contribution in [0, 0.1) is 0 Å². The Morgan fingerprint density at radius 2 is 1.87 bits per heavy atom. The smallest absolute Gasteiger partial charge is 0.340 e. The average molecular weight is 435 g/mol. The number of rotatable bonds is 3. The zero-order valence-electron chi connectivity index (χ0n) is 12.3. The second-order valence-electron chi connectivity index (χ2n) is 4.93. The third kappa shape index (κ3) is 3.31. The van der Waals surface area contributed by atoms with Crippen LogP contribution in [-0.2, 0) is 4.74 Å². The molecule has 0 aliphatic carbocycles. The minimum absolute atomic E-state index is 0.327. The minimum Gasteiger partial charge on any atom is -0.462 e. The molecular weight excluding hydrogens is 422 g/mol. The van der Waals surface area contributed by atoms with Gasteiger partial charge in [0.05, 0.1) is 23.4 Å². The van der Waals surface area contributed by atoms with E-state index in [1.165, 1.54) is 0 Å². The number of aromatic nitrogens is 1. The molecule has 0 amide bonds. The van der Waals surface area contributed by atoms with E-state index in [2.05, 4.69) is 31.9 Å². The zero-order chi connectivity index (χ0) is 16.4. The first kappa shape index (κ1) is 16.1. The number of carbonyl (C=O) groups excluding carboxylic acids is 1. The number of halogens is 2.